The van der Waals surface area contributed by atoms with Gasteiger partial charge in [-0.05, 0) is 24.6 Å². The number of carbonyl (C=O) groups is 2. The van der Waals surface area contributed by atoms with Crippen molar-refractivity contribution in [3.8, 4) is 11.5 Å². The van der Waals surface area contributed by atoms with Crippen LogP contribution in [0, 0.1) is 0 Å². The summed E-state index contributed by atoms with van der Waals surface area (Å²) in [4.78, 5) is 23.7. The van der Waals surface area contributed by atoms with Crippen molar-refractivity contribution in [1.82, 2.24) is 20.2 Å². The second-order valence-electron chi connectivity index (χ2n) is 4.62. The summed E-state index contributed by atoms with van der Waals surface area (Å²) >= 11 is 0. The quantitative estimate of drug-likeness (QED) is 0.765. The van der Waals surface area contributed by atoms with E-state index in [0.717, 1.165) is 5.56 Å². The Kier molecular flexibility index (Phi) is 5.13. The van der Waals surface area contributed by atoms with Crippen LogP contribution in [0.1, 0.15) is 18.5 Å². The van der Waals surface area contributed by atoms with E-state index < -0.39 is 17.9 Å². The number of methoxy groups -OCH3 is 2. The van der Waals surface area contributed by atoms with E-state index in [1.807, 2.05) is 0 Å². The fraction of sp³-hybridized carbons (Fsp3) is 0.286. The molecule has 0 aliphatic heterocycles. The third-order valence-corrected chi connectivity index (χ3v) is 3.11. The summed E-state index contributed by atoms with van der Waals surface area (Å²) in [5.41, 5.74) is 3.09. The third-order valence-electron chi connectivity index (χ3n) is 3.11. The number of aromatic nitrogens is 3. The number of benzene rings is 1. The van der Waals surface area contributed by atoms with E-state index in [0.29, 0.717) is 11.5 Å². The van der Waals surface area contributed by atoms with Gasteiger partial charge in [0.2, 0.25) is 0 Å². The van der Waals surface area contributed by atoms with E-state index in [-0.39, 0.29) is 0 Å². The van der Waals surface area contributed by atoms with Crippen LogP contribution >= 0.6 is 0 Å². The van der Waals surface area contributed by atoms with Crippen LogP contribution in [-0.2, 0) is 9.59 Å². The van der Waals surface area contributed by atoms with Crippen LogP contribution < -0.4 is 20.2 Å². The maximum absolute atomic E-state index is 11.9. The molecule has 0 saturated carbocycles. The van der Waals surface area contributed by atoms with Crippen LogP contribution in [0.5, 0.6) is 11.5 Å². The van der Waals surface area contributed by atoms with Gasteiger partial charge in [0.15, 0.2) is 11.5 Å². The molecule has 23 heavy (non-hydrogen) atoms. The topological polar surface area (TPSA) is 107 Å². The summed E-state index contributed by atoms with van der Waals surface area (Å²) in [6.07, 6.45) is 2.53. The Morgan fingerprint density at radius 1 is 1.09 bits per heavy atom. The predicted octanol–water partition coefficient (Wildman–Crippen LogP) is 0.243. The van der Waals surface area contributed by atoms with Gasteiger partial charge in [-0.15, -0.1) is 10.2 Å². The summed E-state index contributed by atoms with van der Waals surface area (Å²) in [5.74, 6) is -0.474. The Labute approximate surface area is 132 Å². The van der Waals surface area contributed by atoms with E-state index in [2.05, 4.69) is 20.9 Å². The molecule has 1 aromatic carbocycles. The standard InChI is InChI=1S/C14H17N5O4/c1-9(10-4-5-11(22-2)12(6-10)23-3)17-13(20)14(21)18-19-7-15-16-8-19/h4-9H,1-3H3,(H,17,20)(H,18,21). The summed E-state index contributed by atoms with van der Waals surface area (Å²) in [5, 5.41) is 9.63. The van der Waals surface area contributed by atoms with Crippen LogP contribution in [0.4, 0.5) is 0 Å². The number of carbonyl (C=O) groups excluding carboxylic acids is 2. The fourth-order valence-electron chi connectivity index (χ4n) is 1.89. The molecule has 0 radical (unpaired) electrons. The Morgan fingerprint density at radius 2 is 1.74 bits per heavy atom. The molecule has 0 spiro atoms. The van der Waals surface area contributed by atoms with Gasteiger partial charge in [0.25, 0.3) is 0 Å². The molecule has 0 bridgehead atoms. The lowest BCUT2D eigenvalue weighted by molar-refractivity contribution is -0.137. The van der Waals surface area contributed by atoms with Crippen LogP contribution in [0.3, 0.4) is 0 Å². The van der Waals surface area contributed by atoms with Crippen molar-refractivity contribution in [2.24, 2.45) is 0 Å². The summed E-state index contributed by atoms with van der Waals surface area (Å²) < 4.78 is 11.6. The molecule has 2 aromatic rings. The molecule has 122 valence electrons. The lowest BCUT2D eigenvalue weighted by Crippen LogP contribution is -2.39. The molecule has 2 amide bonds. The van der Waals surface area contributed by atoms with Crippen LogP contribution in [0.2, 0.25) is 0 Å². The monoisotopic (exact) mass is 319 g/mol. The van der Waals surface area contributed by atoms with Crippen LogP contribution in [-0.4, -0.2) is 40.9 Å². The highest BCUT2D eigenvalue weighted by molar-refractivity contribution is 6.38. The normalized spacial score (nSPS) is 11.4. The average Bonchev–Trinajstić information content (AvgIpc) is 3.06. The first kappa shape index (κ1) is 16.3. The highest BCUT2D eigenvalue weighted by Crippen LogP contribution is 2.29. The molecule has 9 nitrogen and oxygen atoms in total. The van der Waals surface area contributed by atoms with Gasteiger partial charge in [-0.1, -0.05) is 6.07 Å². The van der Waals surface area contributed by atoms with Gasteiger partial charge in [0, 0.05) is 0 Å². The van der Waals surface area contributed by atoms with Crippen molar-refractivity contribution >= 4 is 11.8 Å². The van der Waals surface area contributed by atoms with Gasteiger partial charge in [-0.3, -0.25) is 15.0 Å². The maximum Gasteiger partial charge on any atom is 0.328 e. The van der Waals surface area contributed by atoms with Gasteiger partial charge in [-0.2, -0.15) is 0 Å². The number of nitrogens with one attached hydrogen (secondary N) is 2. The number of hydrogen-bond donors (Lipinski definition) is 2. The average molecular weight is 319 g/mol. The van der Waals surface area contributed by atoms with E-state index in [1.165, 1.54) is 31.6 Å². The molecule has 0 fully saturated rings. The Balaban J connectivity index is 2.01. The molecule has 2 rings (SSSR count). The minimum Gasteiger partial charge on any atom is -0.493 e. The van der Waals surface area contributed by atoms with Gasteiger partial charge in [-0.25, -0.2) is 4.68 Å². The molecule has 2 N–H and O–H groups in total. The molecule has 1 heterocycles. The second-order valence-corrected chi connectivity index (χ2v) is 4.62. The van der Waals surface area contributed by atoms with E-state index in [1.54, 1.807) is 25.1 Å². The van der Waals surface area contributed by atoms with Gasteiger partial charge in [0.05, 0.1) is 20.3 Å². The van der Waals surface area contributed by atoms with E-state index in [9.17, 15) is 9.59 Å². The van der Waals surface area contributed by atoms with Crippen molar-refractivity contribution < 1.29 is 19.1 Å². The zero-order valence-corrected chi connectivity index (χ0v) is 12.9. The first-order chi connectivity index (χ1) is 11.0. The number of nitrogens with zero attached hydrogens (tertiary/aromatic N) is 3. The second kappa shape index (κ2) is 7.25. The molecule has 1 aromatic heterocycles. The Bertz CT molecular complexity index is 686. The fourth-order valence-corrected chi connectivity index (χ4v) is 1.89. The molecule has 9 heteroatoms. The van der Waals surface area contributed by atoms with Crippen molar-refractivity contribution in [3.63, 3.8) is 0 Å². The van der Waals surface area contributed by atoms with Crippen LogP contribution in [0.25, 0.3) is 0 Å². The van der Waals surface area contributed by atoms with Crippen LogP contribution in [0.15, 0.2) is 30.9 Å². The highest BCUT2D eigenvalue weighted by atomic mass is 16.5. The van der Waals surface area contributed by atoms with E-state index in [4.69, 9.17) is 9.47 Å². The summed E-state index contributed by atoms with van der Waals surface area (Å²) in [7, 11) is 3.06. The largest absolute Gasteiger partial charge is 0.493 e. The zero-order valence-electron chi connectivity index (χ0n) is 12.9. The Hall–Kier alpha value is -3.10. The number of amides is 2. The lowest BCUT2D eigenvalue weighted by atomic mass is 10.1. The molecule has 0 saturated heterocycles. The molecule has 1 unspecified atom stereocenters. The minimum absolute atomic E-state index is 0.394. The number of hydrogen-bond acceptors (Lipinski definition) is 6. The zero-order chi connectivity index (χ0) is 16.8. The third kappa shape index (κ3) is 3.96. The SMILES string of the molecule is COc1ccc(C(C)NC(=O)C(=O)Nn2cnnc2)cc1OC. The van der Waals surface area contributed by atoms with Crippen molar-refractivity contribution in [1.29, 1.82) is 0 Å². The molecular weight excluding hydrogens is 302 g/mol. The van der Waals surface area contributed by atoms with Gasteiger partial charge < -0.3 is 14.8 Å². The predicted molar refractivity (Wildman–Crippen MR) is 80.5 cm³/mol. The molecule has 0 aliphatic carbocycles. The summed E-state index contributed by atoms with van der Waals surface area (Å²) in [6, 6.07) is 4.86. The molecular formula is C14H17N5O4. The van der Waals surface area contributed by atoms with E-state index >= 15 is 0 Å². The first-order valence-corrected chi connectivity index (χ1v) is 6.73. The number of ether oxygens (including phenoxy) is 2. The molecule has 1 atom stereocenters. The van der Waals surface area contributed by atoms with Crippen molar-refractivity contribution in [2.45, 2.75) is 13.0 Å². The van der Waals surface area contributed by atoms with Gasteiger partial charge in [0.1, 0.15) is 12.7 Å². The van der Waals surface area contributed by atoms with Crippen molar-refractivity contribution in [2.75, 3.05) is 19.6 Å². The maximum atomic E-state index is 11.9. The molecule has 0 aliphatic rings. The van der Waals surface area contributed by atoms with Gasteiger partial charge >= 0.3 is 11.8 Å². The van der Waals surface area contributed by atoms with Crippen molar-refractivity contribution in [3.05, 3.63) is 36.4 Å². The summed E-state index contributed by atoms with van der Waals surface area (Å²) in [6.45, 7) is 1.76. The Morgan fingerprint density at radius 3 is 2.35 bits per heavy atom. The highest BCUT2D eigenvalue weighted by Gasteiger charge is 2.18. The lowest BCUT2D eigenvalue weighted by Gasteiger charge is -2.16. The smallest absolute Gasteiger partial charge is 0.328 e. The first-order valence-electron chi connectivity index (χ1n) is 6.73. The number of rotatable bonds is 5. The minimum atomic E-state index is -0.822.